The number of halogens is 3. The second kappa shape index (κ2) is 17.9. The number of carboxylic acids is 1. The van der Waals surface area contributed by atoms with Gasteiger partial charge in [-0.05, 0) is 74.8 Å². The molecular formula is C18H27I3N3NaO9. The first-order valence-corrected chi connectivity index (χ1v) is 12.4. The van der Waals surface area contributed by atoms with Crippen LogP contribution in [0.3, 0.4) is 0 Å². The van der Waals surface area contributed by atoms with Gasteiger partial charge in [-0.1, -0.05) is 0 Å². The molecule has 1 aromatic rings. The van der Waals surface area contributed by atoms with Gasteiger partial charge in [-0.2, -0.15) is 0 Å². The largest absolute Gasteiger partial charge is 1.00 e. The fraction of sp³-hybridized carbons (Fsp3) is 0.500. The fourth-order valence-electron chi connectivity index (χ4n) is 2.32. The molecule has 0 unspecified atom stereocenters. The van der Waals surface area contributed by atoms with Crippen molar-refractivity contribution in [3.05, 3.63) is 16.3 Å². The summed E-state index contributed by atoms with van der Waals surface area (Å²) in [6.45, 7) is 2.10. The smallest absolute Gasteiger partial charge is 1.00 e. The van der Waals surface area contributed by atoms with Crippen LogP contribution in [0.5, 0.6) is 0 Å². The average molecular weight is 833 g/mol. The molecule has 0 heterocycles. The third kappa shape index (κ3) is 11.3. The summed E-state index contributed by atoms with van der Waals surface area (Å²) >= 11 is 5.71. The maximum atomic E-state index is 11.4. The molecular weight excluding hydrogens is 806 g/mol. The molecule has 0 fully saturated rings. The van der Waals surface area contributed by atoms with Crippen LogP contribution in [0.25, 0.3) is 0 Å². The molecule has 1 aromatic carbocycles. The second-order valence-electron chi connectivity index (χ2n) is 6.59. The first-order chi connectivity index (χ1) is 15.2. The molecule has 0 saturated carbocycles. The quantitative estimate of drug-likeness (QED) is 0.0904. The summed E-state index contributed by atoms with van der Waals surface area (Å²) in [6, 6.07) is 0. The van der Waals surface area contributed by atoms with E-state index in [2.05, 4.69) is 16.0 Å². The van der Waals surface area contributed by atoms with Gasteiger partial charge in [0, 0.05) is 20.4 Å². The van der Waals surface area contributed by atoms with Crippen molar-refractivity contribution in [2.24, 2.45) is 0 Å². The molecule has 0 aliphatic heterocycles. The van der Waals surface area contributed by atoms with Crippen LogP contribution in [0.2, 0.25) is 0 Å². The molecule has 9 N–H and O–H groups in total. The average Bonchev–Trinajstić information content (AvgIpc) is 2.72. The van der Waals surface area contributed by atoms with Gasteiger partial charge < -0.3 is 48.0 Å². The molecule has 0 saturated heterocycles. The number of aliphatic hydroxyl groups is 5. The van der Waals surface area contributed by atoms with Gasteiger partial charge >= 0.3 is 35.5 Å². The predicted octanol–water partition coefficient (Wildman–Crippen LogP) is -3.13. The molecule has 190 valence electrons. The van der Waals surface area contributed by atoms with E-state index >= 15 is 0 Å². The van der Waals surface area contributed by atoms with Crippen LogP contribution in [-0.4, -0.2) is 93.0 Å². The Bertz CT molecular complexity index is 827. The van der Waals surface area contributed by atoms with Crippen LogP contribution in [0.1, 0.15) is 25.6 Å². The molecule has 16 heteroatoms. The number of carbonyl (C=O) groups is 3. The topological polar surface area (TPSA) is 209 Å². The number of amides is 2. The van der Waals surface area contributed by atoms with Crippen LogP contribution < -0.4 is 45.5 Å². The Balaban J connectivity index is -0.000000601. The Hall–Kier alpha value is 0.580. The molecule has 0 radical (unpaired) electrons. The van der Waals surface area contributed by atoms with E-state index in [0.29, 0.717) is 22.1 Å². The van der Waals surface area contributed by atoms with Crippen LogP contribution in [0.4, 0.5) is 11.4 Å². The van der Waals surface area contributed by atoms with E-state index in [1.54, 1.807) is 7.05 Å². The van der Waals surface area contributed by atoms with E-state index in [-0.39, 0.29) is 54.9 Å². The summed E-state index contributed by atoms with van der Waals surface area (Å²) in [7, 11) is 1.57. The van der Waals surface area contributed by atoms with Crippen LogP contribution in [0, 0.1) is 10.7 Å². The van der Waals surface area contributed by atoms with Gasteiger partial charge in [-0.25, -0.2) is 4.79 Å². The van der Waals surface area contributed by atoms with Gasteiger partial charge in [-0.15, -0.1) is 0 Å². The summed E-state index contributed by atoms with van der Waals surface area (Å²) in [6.07, 6.45) is -5.65. The SMILES string of the molecule is CC(=O)Nc1c(I)c(NC(C)=O)c(I)c(C(=O)O)c1I.CNC[C@H](O)[C@@H](O)[C@H](O)[C@H](O)CO.[H-].[Na+]. The maximum Gasteiger partial charge on any atom is 1.00 e. The zero-order valence-electron chi connectivity index (χ0n) is 19.8. The van der Waals surface area contributed by atoms with E-state index in [4.69, 9.17) is 20.4 Å². The minimum Gasteiger partial charge on any atom is -1.00 e. The van der Waals surface area contributed by atoms with Gasteiger partial charge in [0.15, 0.2) is 0 Å². The molecule has 4 atom stereocenters. The van der Waals surface area contributed by atoms with Crippen LogP contribution in [0.15, 0.2) is 0 Å². The second-order valence-corrected chi connectivity index (χ2v) is 9.83. The van der Waals surface area contributed by atoms with Gasteiger partial charge in [-0.3, -0.25) is 9.59 Å². The number of carboxylic acid groups (broad SMARTS) is 1. The number of hydrogen-bond acceptors (Lipinski definition) is 9. The van der Waals surface area contributed by atoms with E-state index in [9.17, 15) is 24.6 Å². The van der Waals surface area contributed by atoms with Crippen molar-refractivity contribution in [3.8, 4) is 0 Å². The molecule has 0 aromatic heterocycles. The minimum absolute atomic E-state index is 0. The van der Waals surface area contributed by atoms with Crippen LogP contribution >= 0.6 is 67.8 Å². The van der Waals surface area contributed by atoms with Crippen LogP contribution in [-0.2, 0) is 9.59 Å². The number of benzene rings is 1. The number of likely N-dealkylation sites (N-methyl/N-ethyl adjacent to an activating group) is 1. The predicted molar refractivity (Wildman–Crippen MR) is 146 cm³/mol. The number of aliphatic hydroxyl groups excluding tert-OH is 5. The van der Waals surface area contributed by atoms with Gasteiger partial charge in [0.2, 0.25) is 11.8 Å². The van der Waals surface area contributed by atoms with Crippen molar-refractivity contribution >= 4 is 96.9 Å². The number of hydrogen-bond donors (Lipinski definition) is 9. The molecule has 1 rings (SSSR count). The molecule has 0 spiro atoms. The van der Waals surface area contributed by atoms with Crippen molar-refractivity contribution in [1.82, 2.24) is 5.32 Å². The number of anilines is 2. The van der Waals surface area contributed by atoms with E-state index < -0.39 is 37.0 Å². The van der Waals surface area contributed by atoms with Gasteiger partial charge in [0.25, 0.3) is 0 Å². The first-order valence-electron chi connectivity index (χ1n) is 9.17. The molecule has 0 aliphatic rings. The fourth-order valence-corrected chi connectivity index (χ4v) is 6.48. The monoisotopic (exact) mass is 833 g/mol. The molecule has 0 aliphatic carbocycles. The van der Waals surface area contributed by atoms with Crippen molar-refractivity contribution in [2.45, 2.75) is 38.3 Å². The molecule has 12 nitrogen and oxygen atoms in total. The molecule has 34 heavy (non-hydrogen) atoms. The Kier molecular flexibility index (Phi) is 19.4. The number of aromatic carboxylic acids is 1. The van der Waals surface area contributed by atoms with Gasteiger partial charge in [0.1, 0.15) is 18.3 Å². The summed E-state index contributed by atoms with van der Waals surface area (Å²) in [4.78, 5) is 33.9. The standard InChI is InChI=1S/C11H9I3N2O4.C7H17NO5.Na.H/c1-3(17)15-9-6(12)5(11(19)20)7(13)10(8(9)14)16-4(2)18;1-8-2-4(10)6(12)7(13)5(11)3-9;;/h1-2H3,(H,15,17)(H,16,18)(H,19,20);4-13H,2-3H2,1H3;;/q;;+1;-1/t;4-,5+,6+,7+;;/m.0../s1. The van der Waals surface area contributed by atoms with Crippen molar-refractivity contribution in [2.75, 3.05) is 30.8 Å². The summed E-state index contributed by atoms with van der Waals surface area (Å²) in [5.74, 6) is -1.74. The first kappa shape index (κ1) is 36.7. The Morgan fingerprint density at radius 3 is 1.53 bits per heavy atom. The number of carbonyl (C=O) groups excluding carboxylic acids is 2. The maximum absolute atomic E-state index is 11.4. The normalized spacial score (nSPS) is 13.9. The summed E-state index contributed by atoms with van der Waals surface area (Å²) in [5.41, 5.74) is 0.833. The summed E-state index contributed by atoms with van der Waals surface area (Å²) < 4.78 is 1.44. The molecule has 0 bridgehead atoms. The van der Waals surface area contributed by atoms with E-state index in [1.165, 1.54) is 13.8 Å². The zero-order valence-corrected chi connectivity index (χ0v) is 27.2. The van der Waals surface area contributed by atoms with E-state index in [0.717, 1.165) is 0 Å². The Morgan fingerprint density at radius 1 is 0.853 bits per heavy atom. The minimum atomic E-state index is -1.55. The Labute approximate surface area is 260 Å². The van der Waals surface area contributed by atoms with E-state index in [1.807, 2.05) is 67.8 Å². The third-order valence-corrected chi connectivity index (χ3v) is 7.11. The van der Waals surface area contributed by atoms with Crippen molar-refractivity contribution in [1.29, 1.82) is 0 Å². The Morgan fingerprint density at radius 2 is 1.24 bits per heavy atom. The van der Waals surface area contributed by atoms with Crippen molar-refractivity contribution < 1.29 is 76.0 Å². The number of nitrogens with one attached hydrogen (secondary N) is 3. The third-order valence-electron chi connectivity index (χ3n) is 3.87. The van der Waals surface area contributed by atoms with Crippen molar-refractivity contribution in [3.63, 3.8) is 0 Å². The number of rotatable bonds is 9. The summed E-state index contributed by atoms with van der Waals surface area (Å²) in [5, 5.41) is 62.0. The zero-order chi connectivity index (χ0) is 26.0. The van der Waals surface area contributed by atoms with Gasteiger partial charge in [0.05, 0.1) is 40.4 Å². The molecule has 2 amide bonds.